The highest BCUT2D eigenvalue weighted by Gasteiger charge is 2.37. The van der Waals surface area contributed by atoms with Gasteiger partial charge in [-0.05, 0) is 111 Å². The Morgan fingerprint density at radius 3 is 1.31 bits per heavy atom. The van der Waals surface area contributed by atoms with Crippen LogP contribution < -0.4 is 14.2 Å². The molecule has 3 aromatic carbocycles. The molecule has 5 rings (SSSR count). The van der Waals surface area contributed by atoms with E-state index in [1.54, 1.807) is 36.4 Å². The number of benzene rings is 3. The van der Waals surface area contributed by atoms with Crippen molar-refractivity contribution < 1.29 is 52.3 Å². The van der Waals surface area contributed by atoms with Gasteiger partial charge in [0.25, 0.3) is 0 Å². The first-order valence-corrected chi connectivity index (χ1v) is 18.2. The molecule has 0 amide bonds. The molecule has 2 heterocycles. The highest BCUT2D eigenvalue weighted by Crippen LogP contribution is 2.32. The Kier molecular flexibility index (Phi) is 14.6. The number of hydrogen-bond acceptors (Lipinski definition) is 11. The van der Waals surface area contributed by atoms with Crippen LogP contribution in [0, 0.1) is 10.8 Å². The minimum atomic E-state index is -0.595. The Morgan fingerprint density at radius 1 is 0.519 bits per heavy atom. The number of esters is 3. The second kappa shape index (κ2) is 19.5. The fourth-order valence-electron chi connectivity index (χ4n) is 5.53. The van der Waals surface area contributed by atoms with E-state index in [2.05, 4.69) is 13.8 Å². The molecule has 0 N–H and O–H groups in total. The average molecular weight is 719 g/mol. The molecule has 0 bridgehead atoms. The van der Waals surface area contributed by atoms with Crippen LogP contribution in [0.2, 0.25) is 0 Å². The van der Waals surface area contributed by atoms with Gasteiger partial charge in [0.1, 0.15) is 17.2 Å². The van der Waals surface area contributed by atoms with Gasteiger partial charge in [0.05, 0.1) is 69.5 Å². The van der Waals surface area contributed by atoms with Crippen molar-refractivity contribution in [1.82, 2.24) is 0 Å². The van der Waals surface area contributed by atoms with E-state index in [0.29, 0.717) is 56.3 Å². The lowest BCUT2D eigenvalue weighted by Gasteiger charge is -2.40. The largest absolute Gasteiger partial charge is 0.494 e. The first-order valence-electron chi connectivity index (χ1n) is 18.2. The molecule has 0 aliphatic carbocycles. The van der Waals surface area contributed by atoms with Crippen molar-refractivity contribution in [3.05, 3.63) is 89.5 Å². The summed E-state index contributed by atoms with van der Waals surface area (Å²) >= 11 is 0. The maximum absolute atomic E-state index is 12.7. The smallest absolute Gasteiger partial charge is 0.343 e. The van der Waals surface area contributed by atoms with Crippen LogP contribution in [0.3, 0.4) is 0 Å². The van der Waals surface area contributed by atoms with Crippen LogP contribution in [0.25, 0.3) is 0 Å². The van der Waals surface area contributed by atoms with E-state index in [-0.39, 0.29) is 27.9 Å². The average Bonchev–Trinajstić information content (AvgIpc) is 3.13. The minimum absolute atomic E-state index is 0.168. The van der Waals surface area contributed by atoms with Crippen molar-refractivity contribution in [3.63, 3.8) is 0 Å². The molecular weight excluding hydrogens is 668 g/mol. The molecule has 2 aliphatic rings. The second-order valence-electron chi connectivity index (χ2n) is 13.5. The normalized spacial score (nSPS) is 15.5. The lowest BCUT2D eigenvalue weighted by atomic mass is 9.84. The highest BCUT2D eigenvalue weighted by molar-refractivity contribution is 5.93. The van der Waals surface area contributed by atoms with Gasteiger partial charge in [0.2, 0.25) is 0 Å². The first-order chi connectivity index (χ1) is 25.3. The van der Waals surface area contributed by atoms with E-state index in [4.69, 9.17) is 37.9 Å². The van der Waals surface area contributed by atoms with Gasteiger partial charge in [-0.2, -0.15) is 0 Å². The predicted octanol–water partition coefficient (Wildman–Crippen LogP) is 7.11. The van der Waals surface area contributed by atoms with Crippen molar-refractivity contribution in [2.45, 2.75) is 52.4 Å². The van der Waals surface area contributed by atoms with E-state index in [1.807, 2.05) is 0 Å². The van der Waals surface area contributed by atoms with Crippen LogP contribution in [0.5, 0.6) is 17.2 Å². The zero-order chi connectivity index (χ0) is 36.7. The molecule has 0 unspecified atom stereocenters. The molecule has 0 spiro atoms. The molecule has 280 valence electrons. The summed E-state index contributed by atoms with van der Waals surface area (Å²) in [6, 6.07) is 19.0. The van der Waals surface area contributed by atoms with E-state index in [9.17, 15) is 14.4 Å². The van der Waals surface area contributed by atoms with Gasteiger partial charge in [0, 0.05) is 24.0 Å². The van der Waals surface area contributed by atoms with Crippen LogP contribution in [-0.4, -0.2) is 84.0 Å². The molecule has 0 saturated carbocycles. The Labute approximate surface area is 305 Å². The zero-order valence-corrected chi connectivity index (χ0v) is 30.2. The molecule has 0 aromatic heterocycles. The molecule has 2 aliphatic heterocycles. The van der Waals surface area contributed by atoms with E-state index in [0.717, 1.165) is 65.1 Å². The SMILES string of the molecule is CCC1(COCCCCOC(=O)c2ccc(OC(=O)c3ccc(OC(=O)c4ccc(OCCCCOCC5(CC)COC5)cc4)cc3)cc2)COC1. The number of ether oxygens (including phenoxy) is 8. The maximum atomic E-state index is 12.7. The summed E-state index contributed by atoms with van der Waals surface area (Å²) in [5, 5.41) is 0. The van der Waals surface area contributed by atoms with Crippen LogP contribution in [0.4, 0.5) is 0 Å². The summed E-state index contributed by atoms with van der Waals surface area (Å²) in [6.45, 7) is 11.0. The van der Waals surface area contributed by atoms with Gasteiger partial charge in [-0.1, -0.05) is 13.8 Å². The van der Waals surface area contributed by atoms with Crippen molar-refractivity contribution in [2.75, 3.05) is 66.1 Å². The Morgan fingerprint density at radius 2 is 0.904 bits per heavy atom. The van der Waals surface area contributed by atoms with Crippen LogP contribution in [0.15, 0.2) is 72.8 Å². The summed E-state index contributed by atoms with van der Waals surface area (Å²) in [5.41, 5.74) is 1.36. The topological polar surface area (TPSA) is 125 Å². The van der Waals surface area contributed by atoms with Gasteiger partial charge in [-0.25, -0.2) is 14.4 Å². The number of carbonyl (C=O) groups excluding carboxylic acids is 3. The minimum Gasteiger partial charge on any atom is -0.494 e. The van der Waals surface area contributed by atoms with Gasteiger partial charge in [0.15, 0.2) is 0 Å². The van der Waals surface area contributed by atoms with Crippen molar-refractivity contribution >= 4 is 17.9 Å². The van der Waals surface area contributed by atoms with E-state index < -0.39 is 17.9 Å². The third kappa shape index (κ3) is 11.4. The zero-order valence-electron chi connectivity index (χ0n) is 30.2. The standard InChI is InChI=1S/C41H50O11/c1-3-40(27-47-28-40)25-45-21-5-7-23-49-34-15-9-32(10-16-34)38(43)52-36-19-13-33(14-20-36)39(44)51-35-17-11-31(12-18-35)37(42)50-24-8-6-22-46-26-41(4-2)29-48-30-41/h9-20H,3-8,21-30H2,1-2H3. The number of carbonyl (C=O) groups is 3. The molecule has 11 heteroatoms. The predicted molar refractivity (Wildman–Crippen MR) is 192 cm³/mol. The Bertz CT molecular complexity index is 1550. The first kappa shape index (κ1) is 38.9. The quantitative estimate of drug-likeness (QED) is 0.0600. The highest BCUT2D eigenvalue weighted by atomic mass is 16.5. The molecule has 2 saturated heterocycles. The number of hydrogen-bond donors (Lipinski definition) is 0. The van der Waals surface area contributed by atoms with Crippen molar-refractivity contribution in [3.8, 4) is 17.2 Å². The monoisotopic (exact) mass is 718 g/mol. The van der Waals surface area contributed by atoms with Crippen LogP contribution in [-0.2, 0) is 23.7 Å². The molecule has 2 fully saturated rings. The fraction of sp³-hybridized carbons (Fsp3) is 0.488. The summed E-state index contributed by atoms with van der Waals surface area (Å²) in [4.78, 5) is 37.8. The molecule has 0 atom stereocenters. The third-order valence-corrected chi connectivity index (χ3v) is 9.51. The van der Waals surface area contributed by atoms with Gasteiger partial charge in [-0.15, -0.1) is 0 Å². The van der Waals surface area contributed by atoms with Crippen molar-refractivity contribution in [1.29, 1.82) is 0 Å². The summed E-state index contributed by atoms with van der Waals surface area (Å²) in [5.74, 6) is -0.354. The lowest BCUT2D eigenvalue weighted by Crippen LogP contribution is -2.45. The maximum Gasteiger partial charge on any atom is 0.343 e. The summed E-state index contributed by atoms with van der Waals surface area (Å²) < 4.78 is 44.3. The molecule has 3 aromatic rings. The molecule has 52 heavy (non-hydrogen) atoms. The Hall–Kier alpha value is -4.29. The van der Waals surface area contributed by atoms with Gasteiger partial charge in [-0.3, -0.25) is 0 Å². The van der Waals surface area contributed by atoms with Gasteiger partial charge >= 0.3 is 17.9 Å². The molecule has 0 radical (unpaired) electrons. The van der Waals surface area contributed by atoms with E-state index >= 15 is 0 Å². The van der Waals surface area contributed by atoms with E-state index in [1.165, 1.54) is 36.4 Å². The second-order valence-corrected chi connectivity index (χ2v) is 13.5. The number of unbranched alkanes of at least 4 members (excludes halogenated alkanes) is 2. The lowest BCUT2D eigenvalue weighted by molar-refractivity contribution is -0.150. The van der Waals surface area contributed by atoms with Crippen molar-refractivity contribution in [2.24, 2.45) is 10.8 Å². The molecule has 11 nitrogen and oxygen atoms in total. The Balaban J connectivity index is 0.948. The summed E-state index contributed by atoms with van der Waals surface area (Å²) in [6.07, 6.45) is 5.37. The van der Waals surface area contributed by atoms with Crippen LogP contribution >= 0.6 is 0 Å². The third-order valence-electron chi connectivity index (χ3n) is 9.51. The van der Waals surface area contributed by atoms with Gasteiger partial charge < -0.3 is 37.9 Å². The number of rotatable bonds is 22. The van der Waals surface area contributed by atoms with Crippen LogP contribution in [0.1, 0.15) is 83.4 Å². The molecular formula is C41H50O11. The summed E-state index contributed by atoms with van der Waals surface area (Å²) in [7, 11) is 0. The fourth-order valence-corrected chi connectivity index (χ4v) is 5.53.